The van der Waals surface area contributed by atoms with Crippen molar-refractivity contribution in [1.29, 1.82) is 0 Å². The summed E-state index contributed by atoms with van der Waals surface area (Å²) in [5.74, 6) is 0. The lowest BCUT2D eigenvalue weighted by Crippen LogP contribution is -2.03. The Hall–Kier alpha value is -2.14. The first-order chi connectivity index (χ1) is 8.58. The van der Waals surface area contributed by atoms with E-state index >= 15 is 0 Å². The van der Waals surface area contributed by atoms with Gasteiger partial charge < -0.3 is 5.73 Å². The van der Waals surface area contributed by atoms with Crippen LogP contribution >= 0.6 is 11.6 Å². The number of rotatable bonds is 3. The lowest BCUT2D eigenvalue weighted by molar-refractivity contribution is -0.384. The number of aromatic nitrogens is 1. The molecular formula is C12H10ClN3O2. The first-order valence-electron chi connectivity index (χ1n) is 5.20. The van der Waals surface area contributed by atoms with Gasteiger partial charge in [0.15, 0.2) is 0 Å². The van der Waals surface area contributed by atoms with E-state index in [4.69, 9.17) is 17.3 Å². The van der Waals surface area contributed by atoms with Crippen LogP contribution in [0.5, 0.6) is 0 Å². The highest BCUT2D eigenvalue weighted by molar-refractivity contribution is 6.30. The Bertz CT molecular complexity index is 584. The van der Waals surface area contributed by atoms with E-state index in [0.717, 1.165) is 5.56 Å². The number of nitrogens with zero attached hydrogens (tertiary/aromatic N) is 2. The molecular weight excluding hydrogens is 254 g/mol. The van der Waals surface area contributed by atoms with Gasteiger partial charge in [0.05, 0.1) is 4.92 Å². The van der Waals surface area contributed by atoms with Crippen LogP contribution in [0.15, 0.2) is 36.5 Å². The van der Waals surface area contributed by atoms with E-state index in [-0.39, 0.29) is 11.4 Å². The fourth-order valence-electron chi connectivity index (χ4n) is 1.65. The third kappa shape index (κ3) is 2.57. The lowest BCUT2D eigenvalue weighted by atomic mass is 10.1. The summed E-state index contributed by atoms with van der Waals surface area (Å²) >= 11 is 5.78. The van der Waals surface area contributed by atoms with E-state index in [0.29, 0.717) is 17.1 Å². The predicted molar refractivity (Wildman–Crippen MR) is 69.6 cm³/mol. The summed E-state index contributed by atoms with van der Waals surface area (Å²) in [6, 6.07) is 8.49. The summed E-state index contributed by atoms with van der Waals surface area (Å²) in [7, 11) is 0. The van der Waals surface area contributed by atoms with Crippen LogP contribution in [0, 0.1) is 10.1 Å². The molecule has 1 aromatic carbocycles. The molecule has 0 amide bonds. The van der Waals surface area contributed by atoms with Crippen molar-refractivity contribution in [3.63, 3.8) is 0 Å². The highest BCUT2D eigenvalue weighted by Crippen LogP contribution is 2.26. The van der Waals surface area contributed by atoms with Crippen LogP contribution in [0.2, 0.25) is 5.02 Å². The average Bonchev–Trinajstić information content (AvgIpc) is 2.32. The Morgan fingerprint density at radius 1 is 1.28 bits per heavy atom. The average molecular weight is 264 g/mol. The number of halogens is 1. The molecule has 0 aliphatic rings. The standard InChI is InChI=1S/C12H10ClN3O2/c13-9-3-1-8(2-4-9)7-11-12(16(17)18)10(14)5-6-15-11/h1-6H,7H2,(H2,14,15). The number of anilines is 1. The molecule has 1 heterocycles. The zero-order chi connectivity index (χ0) is 13.1. The number of nitro groups is 1. The van der Waals surface area contributed by atoms with Gasteiger partial charge in [-0.15, -0.1) is 0 Å². The first-order valence-corrected chi connectivity index (χ1v) is 5.58. The zero-order valence-electron chi connectivity index (χ0n) is 9.34. The van der Waals surface area contributed by atoms with E-state index in [9.17, 15) is 10.1 Å². The second-order valence-electron chi connectivity index (χ2n) is 3.76. The summed E-state index contributed by atoms with van der Waals surface area (Å²) in [5.41, 5.74) is 6.83. The van der Waals surface area contributed by atoms with Crippen molar-refractivity contribution in [1.82, 2.24) is 4.98 Å². The minimum Gasteiger partial charge on any atom is -0.393 e. The molecule has 0 radical (unpaired) electrons. The Morgan fingerprint density at radius 3 is 2.56 bits per heavy atom. The maximum Gasteiger partial charge on any atom is 0.313 e. The van der Waals surface area contributed by atoms with Crippen molar-refractivity contribution in [2.45, 2.75) is 6.42 Å². The lowest BCUT2D eigenvalue weighted by Gasteiger charge is -2.04. The summed E-state index contributed by atoms with van der Waals surface area (Å²) in [4.78, 5) is 14.5. The van der Waals surface area contributed by atoms with Gasteiger partial charge in [0.2, 0.25) is 0 Å². The molecule has 2 aromatic rings. The third-order valence-electron chi connectivity index (χ3n) is 2.50. The summed E-state index contributed by atoms with van der Waals surface area (Å²) in [6.45, 7) is 0. The molecule has 92 valence electrons. The Labute approximate surface area is 108 Å². The van der Waals surface area contributed by atoms with Crippen molar-refractivity contribution in [2.75, 3.05) is 5.73 Å². The molecule has 0 aliphatic heterocycles. The molecule has 2 N–H and O–H groups in total. The van der Waals surface area contributed by atoms with E-state index in [1.54, 1.807) is 24.3 Å². The van der Waals surface area contributed by atoms with Crippen LogP contribution in [0.3, 0.4) is 0 Å². The van der Waals surface area contributed by atoms with Crippen LogP contribution in [0.4, 0.5) is 11.4 Å². The largest absolute Gasteiger partial charge is 0.393 e. The molecule has 0 saturated heterocycles. The molecule has 0 atom stereocenters. The minimum atomic E-state index is -0.506. The maximum atomic E-state index is 11.0. The van der Waals surface area contributed by atoms with Crippen LogP contribution in [0.1, 0.15) is 11.3 Å². The zero-order valence-corrected chi connectivity index (χ0v) is 10.1. The van der Waals surface area contributed by atoms with Crippen LogP contribution in [-0.2, 0) is 6.42 Å². The molecule has 1 aromatic heterocycles. The van der Waals surface area contributed by atoms with Gasteiger partial charge in [0.1, 0.15) is 11.4 Å². The second kappa shape index (κ2) is 5.01. The molecule has 0 bridgehead atoms. The van der Waals surface area contributed by atoms with Crippen LogP contribution in [-0.4, -0.2) is 9.91 Å². The Morgan fingerprint density at radius 2 is 1.94 bits per heavy atom. The fourth-order valence-corrected chi connectivity index (χ4v) is 1.78. The molecule has 0 aliphatic carbocycles. The van der Waals surface area contributed by atoms with E-state index < -0.39 is 4.92 Å². The monoisotopic (exact) mass is 263 g/mol. The third-order valence-corrected chi connectivity index (χ3v) is 2.75. The summed E-state index contributed by atoms with van der Waals surface area (Å²) < 4.78 is 0. The van der Waals surface area contributed by atoms with Gasteiger partial charge in [-0.1, -0.05) is 23.7 Å². The highest BCUT2D eigenvalue weighted by atomic mass is 35.5. The number of hydrogen-bond acceptors (Lipinski definition) is 4. The molecule has 2 rings (SSSR count). The van der Waals surface area contributed by atoms with Gasteiger partial charge >= 0.3 is 5.69 Å². The Kier molecular flexibility index (Phi) is 3.43. The van der Waals surface area contributed by atoms with Gasteiger partial charge in [0, 0.05) is 17.6 Å². The molecule has 0 saturated carbocycles. The van der Waals surface area contributed by atoms with Gasteiger partial charge in [-0.25, -0.2) is 0 Å². The van der Waals surface area contributed by atoms with Crippen LogP contribution in [0.25, 0.3) is 0 Å². The molecule has 6 heteroatoms. The quantitative estimate of drug-likeness (QED) is 0.682. The first kappa shape index (κ1) is 12.3. The molecule has 0 fully saturated rings. The van der Waals surface area contributed by atoms with Crippen molar-refractivity contribution < 1.29 is 4.92 Å². The number of nitrogens with two attached hydrogens (primary N) is 1. The smallest absolute Gasteiger partial charge is 0.313 e. The minimum absolute atomic E-state index is 0.124. The highest BCUT2D eigenvalue weighted by Gasteiger charge is 2.19. The van der Waals surface area contributed by atoms with E-state index in [1.165, 1.54) is 12.3 Å². The predicted octanol–water partition coefficient (Wildman–Crippen LogP) is 2.82. The second-order valence-corrected chi connectivity index (χ2v) is 4.19. The van der Waals surface area contributed by atoms with Gasteiger partial charge in [-0.05, 0) is 23.8 Å². The van der Waals surface area contributed by atoms with Crippen molar-refractivity contribution in [3.8, 4) is 0 Å². The number of benzene rings is 1. The maximum absolute atomic E-state index is 11.0. The van der Waals surface area contributed by atoms with Crippen molar-refractivity contribution in [3.05, 3.63) is 62.9 Å². The molecule has 0 spiro atoms. The number of nitrogen functional groups attached to an aromatic ring is 1. The van der Waals surface area contributed by atoms with Gasteiger partial charge in [-0.2, -0.15) is 0 Å². The van der Waals surface area contributed by atoms with Crippen LogP contribution < -0.4 is 5.73 Å². The van der Waals surface area contributed by atoms with Crippen molar-refractivity contribution >= 4 is 23.0 Å². The Balaban J connectivity index is 2.37. The summed E-state index contributed by atoms with van der Waals surface area (Å²) in [6.07, 6.45) is 1.81. The van der Waals surface area contributed by atoms with E-state index in [1.807, 2.05) is 0 Å². The topological polar surface area (TPSA) is 82.0 Å². The fraction of sp³-hybridized carbons (Fsp3) is 0.0833. The number of hydrogen-bond donors (Lipinski definition) is 1. The van der Waals surface area contributed by atoms with Gasteiger partial charge in [-0.3, -0.25) is 15.1 Å². The number of pyridine rings is 1. The van der Waals surface area contributed by atoms with E-state index in [2.05, 4.69) is 4.98 Å². The van der Waals surface area contributed by atoms with Crippen molar-refractivity contribution in [2.24, 2.45) is 0 Å². The van der Waals surface area contributed by atoms with Gasteiger partial charge in [0.25, 0.3) is 0 Å². The summed E-state index contributed by atoms with van der Waals surface area (Å²) in [5, 5.41) is 11.6. The SMILES string of the molecule is Nc1ccnc(Cc2ccc(Cl)cc2)c1[N+](=O)[O-]. The molecule has 18 heavy (non-hydrogen) atoms. The molecule has 0 unspecified atom stereocenters. The molecule has 5 nitrogen and oxygen atoms in total. The normalized spacial score (nSPS) is 10.3.